The van der Waals surface area contributed by atoms with Gasteiger partial charge in [-0.05, 0) is 24.6 Å². The van der Waals surface area contributed by atoms with Gasteiger partial charge in [0.15, 0.2) is 11.6 Å². The van der Waals surface area contributed by atoms with Gasteiger partial charge in [0, 0.05) is 17.6 Å². The van der Waals surface area contributed by atoms with Crippen LogP contribution < -0.4 is 10.5 Å². The average Bonchev–Trinajstić information content (AvgIpc) is 2.80. The molecule has 1 aromatic heterocycles. The minimum Gasteiger partial charge on any atom is -0.483 e. The second-order valence-electron chi connectivity index (χ2n) is 3.69. The Hall–Kier alpha value is -1.46. The number of hydrogen-bond acceptors (Lipinski definition) is 4. The lowest BCUT2D eigenvalue weighted by Crippen LogP contribution is -2.06. The Morgan fingerprint density at radius 3 is 2.94 bits per heavy atom. The van der Waals surface area contributed by atoms with Crippen molar-refractivity contribution in [1.29, 1.82) is 0 Å². The van der Waals surface area contributed by atoms with Gasteiger partial charge in [0.05, 0.1) is 0 Å². The molecule has 0 radical (unpaired) electrons. The highest BCUT2D eigenvalue weighted by atomic mass is 32.1. The first-order valence-electron chi connectivity index (χ1n) is 5.23. The molecule has 17 heavy (non-hydrogen) atoms. The lowest BCUT2D eigenvalue weighted by atomic mass is 10.1. The van der Waals surface area contributed by atoms with Crippen molar-refractivity contribution in [3.63, 3.8) is 0 Å². The van der Waals surface area contributed by atoms with Crippen LogP contribution >= 0.6 is 11.3 Å². The zero-order chi connectivity index (χ0) is 12.3. The Bertz CT molecular complexity index is 485. The maximum absolute atomic E-state index is 13.6. The van der Waals surface area contributed by atoms with E-state index in [9.17, 15) is 4.39 Å². The quantitative estimate of drug-likeness (QED) is 0.910. The van der Waals surface area contributed by atoms with Crippen molar-refractivity contribution in [1.82, 2.24) is 4.98 Å². The molecular formula is C12H13FN2OS. The summed E-state index contributed by atoms with van der Waals surface area (Å²) in [7, 11) is 0. The molecule has 2 rings (SSSR count). The third-order valence-corrected chi connectivity index (χ3v) is 3.07. The van der Waals surface area contributed by atoms with Crippen LogP contribution in [-0.4, -0.2) is 4.98 Å². The number of nitrogens with zero attached hydrogens (tertiary/aromatic N) is 1. The largest absolute Gasteiger partial charge is 0.483 e. The van der Waals surface area contributed by atoms with Crippen molar-refractivity contribution in [2.24, 2.45) is 5.73 Å². The van der Waals surface area contributed by atoms with Gasteiger partial charge in [-0.3, -0.25) is 0 Å². The Morgan fingerprint density at radius 1 is 1.53 bits per heavy atom. The fraction of sp³-hybridized carbons (Fsp3) is 0.250. The maximum atomic E-state index is 13.6. The van der Waals surface area contributed by atoms with Crippen LogP contribution in [0.25, 0.3) is 0 Å². The lowest BCUT2D eigenvalue weighted by Gasteiger charge is -2.09. The van der Waals surface area contributed by atoms with Gasteiger partial charge in [-0.1, -0.05) is 6.07 Å². The Morgan fingerprint density at radius 2 is 2.35 bits per heavy atom. The van der Waals surface area contributed by atoms with Crippen LogP contribution in [0.3, 0.4) is 0 Å². The molecule has 0 spiro atoms. The molecule has 1 heterocycles. The zero-order valence-electron chi connectivity index (χ0n) is 9.39. The number of benzene rings is 1. The molecule has 90 valence electrons. The van der Waals surface area contributed by atoms with Crippen molar-refractivity contribution in [3.05, 3.63) is 46.2 Å². The second kappa shape index (κ2) is 5.25. The van der Waals surface area contributed by atoms with Gasteiger partial charge in [-0.15, -0.1) is 11.3 Å². The van der Waals surface area contributed by atoms with Crippen LogP contribution in [0.2, 0.25) is 0 Å². The summed E-state index contributed by atoms with van der Waals surface area (Å²) in [4.78, 5) is 4.06. The third kappa shape index (κ3) is 3.01. The van der Waals surface area contributed by atoms with Crippen molar-refractivity contribution in [2.75, 3.05) is 0 Å². The van der Waals surface area contributed by atoms with E-state index >= 15 is 0 Å². The highest BCUT2D eigenvalue weighted by molar-refractivity contribution is 7.09. The van der Waals surface area contributed by atoms with Crippen LogP contribution in [0.1, 0.15) is 23.5 Å². The smallest absolute Gasteiger partial charge is 0.165 e. The fourth-order valence-electron chi connectivity index (χ4n) is 1.38. The molecular weight excluding hydrogens is 239 g/mol. The number of rotatable bonds is 4. The number of halogens is 1. The number of hydrogen-bond donors (Lipinski definition) is 1. The number of thiazole rings is 1. The molecule has 0 amide bonds. The molecule has 1 aromatic carbocycles. The summed E-state index contributed by atoms with van der Waals surface area (Å²) in [5, 5.41) is 2.68. The molecule has 0 bridgehead atoms. The number of ether oxygens (including phenoxy) is 1. The van der Waals surface area contributed by atoms with Crippen LogP contribution in [0.4, 0.5) is 4.39 Å². The number of aromatic nitrogens is 1. The van der Waals surface area contributed by atoms with Gasteiger partial charge in [0.2, 0.25) is 0 Å². The molecule has 1 unspecified atom stereocenters. The van der Waals surface area contributed by atoms with E-state index in [0.29, 0.717) is 0 Å². The summed E-state index contributed by atoms with van der Waals surface area (Å²) in [6.07, 6.45) is 1.69. The Labute approximate surface area is 103 Å². The molecule has 0 aliphatic carbocycles. The van der Waals surface area contributed by atoms with Crippen molar-refractivity contribution >= 4 is 11.3 Å². The lowest BCUT2D eigenvalue weighted by molar-refractivity contribution is 0.289. The van der Waals surface area contributed by atoms with E-state index in [1.165, 1.54) is 17.4 Å². The normalized spacial score (nSPS) is 12.4. The van der Waals surface area contributed by atoms with Crippen LogP contribution in [-0.2, 0) is 6.61 Å². The zero-order valence-corrected chi connectivity index (χ0v) is 10.2. The summed E-state index contributed by atoms with van der Waals surface area (Å²) in [5.74, 6) is -0.166. The topological polar surface area (TPSA) is 48.1 Å². The summed E-state index contributed by atoms with van der Waals surface area (Å²) in [6, 6.07) is 4.59. The summed E-state index contributed by atoms with van der Waals surface area (Å²) >= 11 is 1.48. The Balaban J connectivity index is 2.06. The van der Waals surface area contributed by atoms with Gasteiger partial charge >= 0.3 is 0 Å². The van der Waals surface area contributed by atoms with Crippen molar-refractivity contribution in [3.8, 4) is 5.75 Å². The predicted molar refractivity (Wildman–Crippen MR) is 65.4 cm³/mol. The van der Waals surface area contributed by atoms with Gasteiger partial charge < -0.3 is 10.5 Å². The molecule has 2 aromatic rings. The average molecular weight is 252 g/mol. The SMILES string of the molecule is CC(N)c1ccc(OCc2nccs2)c(F)c1. The first-order chi connectivity index (χ1) is 8.16. The first kappa shape index (κ1) is 12.0. The van der Waals surface area contributed by atoms with E-state index in [1.807, 2.05) is 12.3 Å². The Kier molecular flexibility index (Phi) is 3.71. The molecule has 0 fully saturated rings. The van der Waals surface area contributed by atoms with E-state index in [1.54, 1.807) is 18.3 Å². The van der Waals surface area contributed by atoms with Crippen molar-refractivity contribution in [2.45, 2.75) is 19.6 Å². The monoisotopic (exact) mass is 252 g/mol. The predicted octanol–water partition coefficient (Wildman–Crippen LogP) is 2.88. The van der Waals surface area contributed by atoms with Crippen LogP contribution in [0.15, 0.2) is 29.8 Å². The second-order valence-corrected chi connectivity index (χ2v) is 4.67. The summed E-state index contributed by atoms with van der Waals surface area (Å²) in [5.41, 5.74) is 6.42. The van der Waals surface area contributed by atoms with Gasteiger partial charge in [0.1, 0.15) is 11.6 Å². The molecule has 2 N–H and O–H groups in total. The third-order valence-electron chi connectivity index (χ3n) is 2.32. The maximum Gasteiger partial charge on any atom is 0.165 e. The van der Waals surface area contributed by atoms with Crippen molar-refractivity contribution < 1.29 is 9.13 Å². The van der Waals surface area contributed by atoms with E-state index < -0.39 is 5.82 Å². The van der Waals surface area contributed by atoms with Gasteiger partial charge in [-0.25, -0.2) is 9.37 Å². The van der Waals surface area contributed by atoms with Crippen LogP contribution in [0.5, 0.6) is 5.75 Å². The van der Waals surface area contributed by atoms with Crippen LogP contribution in [0, 0.1) is 5.82 Å². The highest BCUT2D eigenvalue weighted by Crippen LogP contribution is 2.22. The number of nitrogens with two attached hydrogens (primary N) is 1. The molecule has 5 heteroatoms. The van der Waals surface area contributed by atoms with Gasteiger partial charge in [-0.2, -0.15) is 0 Å². The van der Waals surface area contributed by atoms with E-state index in [-0.39, 0.29) is 18.4 Å². The molecule has 0 aliphatic rings. The molecule has 0 aliphatic heterocycles. The molecule has 3 nitrogen and oxygen atoms in total. The highest BCUT2D eigenvalue weighted by Gasteiger charge is 2.07. The minimum atomic E-state index is -0.392. The van der Waals surface area contributed by atoms with E-state index in [0.717, 1.165) is 10.6 Å². The summed E-state index contributed by atoms with van der Waals surface area (Å²) < 4.78 is 19.0. The molecule has 0 saturated carbocycles. The molecule has 1 atom stereocenters. The van der Waals surface area contributed by atoms with E-state index in [2.05, 4.69) is 4.98 Å². The minimum absolute atomic E-state index is 0.183. The fourth-order valence-corrected chi connectivity index (χ4v) is 1.91. The van der Waals surface area contributed by atoms with Gasteiger partial charge in [0.25, 0.3) is 0 Å². The van der Waals surface area contributed by atoms with E-state index in [4.69, 9.17) is 10.5 Å². The first-order valence-corrected chi connectivity index (χ1v) is 6.11. The standard InChI is InChI=1S/C12H13FN2OS/c1-8(14)9-2-3-11(10(13)6-9)16-7-12-15-4-5-17-12/h2-6,8H,7,14H2,1H3. The summed E-state index contributed by atoms with van der Waals surface area (Å²) in [6.45, 7) is 2.09. The molecule has 0 saturated heterocycles.